The summed E-state index contributed by atoms with van der Waals surface area (Å²) in [5.41, 5.74) is 1.96. The SMILES string of the molecule is COC(=O)Nc1ccc(Nc2ccc(OCc3ccccc3)cc2)nn1. The molecule has 0 atom stereocenters. The number of aromatic nitrogens is 2. The van der Waals surface area contributed by atoms with Crippen LogP contribution in [0.3, 0.4) is 0 Å². The zero-order chi connectivity index (χ0) is 18.2. The zero-order valence-electron chi connectivity index (χ0n) is 14.2. The minimum atomic E-state index is -0.592. The molecule has 26 heavy (non-hydrogen) atoms. The van der Waals surface area contributed by atoms with Crippen molar-refractivity contribution in [3.05, 3.63) is 72.3 Å². The van der Waals surface area contributed by atoms with Crippen LogP contribution in [0.4, 0.5) is 22.1 Å². The van der Waals surface area contributed by atoms with Crippen LogP contribution in [0.25, 0.3) is 0 Å². The van der Waals surface area contributed by atoms with Crippen LogP contribution in [0.2, 0.25) is 0 Å². The van der Waals surface area contributed by atoms with Crippen molar-refractivity contribution < 1.29 is 14.3 Å². The van der Waals surface area contributed by atoms with Gasteiger partial charge in [0.15, 0.2) is 11.6 Å². The lowest BCUT2D eigenvalue weighted by atomic mass is 10.2. The maximum Gasteiger partial charge on any atom is 0.412 e. The van der Waals surface area contributed by atoms with Gasteiger partial charge in [0.05, 0.1) is 7.11 Å². The number of hydrogen-bond acceptors (Lipinski definition) is 6. The number of methoxy groups -OCH3 is 1. The predicted molar refractivity (Wildman–Crippen MR) is 98.6 cm³/mol. The standard InChI is InChI=1S/C19H18N4O3/c1-25-19(24)21-18-12-11-17(22-23-18)20-15-7-9-16(10-8-15)26-13-14-5-3-2-4-6-14/h2-12H,13H2,1H3,(H,20,22)(H,21,23,24). The van der Waals surface area contributed by atoms with E-state index in [9.17, 15) is 4.79 Å². The van der Waals surface area contributed by atoms with Gasteiger partial charge < -0.3 is 14.8 Å². The van der Waals surface area contributed by atoms with E-state index in [1.54, 1.807) is 12.1 Å². The molecule has 1 amide bonds. The first-order valence-corrected chi connectivity index (χ1v) is 7.95. The van der Waals surface area contributed by atoms with E-state index >= 15 is 0 Å². The van der Waals surface area contributed by atoms with Gasteiger partial charge in [-0.1, -0.05) is 30.3 Å². The molecule has 132 valence electrons. The Balaban J connectivity index is 1.54. The molecule has 7 nitrogen and oxygen atoms in total. The number of benzene rings is 2. The third-order valence-corrected chi connectivity index (χ3v) is 3.46. The summed E-state index contributed by atoms with van der Waals surface area (Å²) in [6.45, 7) is 0.522. The van der Waals surface area contributed by atoms with E-state index in [0.717, 1.165) is 17.0 Å². The summed E-state index contributed by atoms with van der Waals surface area (Å²) in [5, 5.41) is 13.5. The Labute approximate surface area is 151 Å². The quantitative estimate of drug-likeness (QED) is 0.699. The minimum Gasteiger partial charge on any atom is -0.489 e. The van der Waals surface area contributed by atoms with Crippen molar-refractivity contribution >= 4 is 23.4 Å². The number of carbonyl (C=O) groups is 1. The summed E-state index contributed by atoms with van der Waals surface area (Å²) in [7, 11) is 1.28. The summed E-state index contributed by atoms with van der Waals surface area (Å²) >= 11 is 0. The van der Waals surface area contributed by atoms with Gasteiger partial charge in [0.1, 0.15) is 12.4 Å². The highest BCUT2D eigenvalue weighted by atomic mass is 16.5. The Bertz CT molecular complexity index is 837. The molecular formula is C19H18N4O3. The molecule has 3 aromatic rings. The molecule has 3 rings (SSSR count). The molecule has 1 aromatic heterocycles. The molecule has 0 aliphatic carbocycles. The molecule has 0 bridgehead atoms. The van der Waals surface area contributed by atoms with Crippen molar-refractivity contribution in [1.82, 2.24) is 10.2 Å². The Morgan fingerprint density at radius 3 is 2.27 bits per heavy atom. The number of hydrogen-bond donors (Lipinski definition) is 2. The molecule has 0 unspecified atom stereocenters. The van der Waals surface area contributed by atoms with E-state index in [-0.39, 0.29) is 0 Å². The number of carbonyl (C=O) groups excluding carboxylic acids is 1. The molecule has 0 fully saturated rings. The van der Waals surface area contributed by atoms with E-state index < -0.39 is 6.09 Å². The van der Waals surface area contributed by atoms with Crippen LogP contribution >= 0.6 is 0 Å². The zero-order valence-corrected chi connectivity index (χ0v) is 14.2. The van der Waals surface area contributed by atoms with Gasteiger partial charge in [0, 0.05) is 5.69 Å². The van der Waals surface area contributed by atoms with Gasteiger partial charge >= 0.3 is 6.09 Å². The Morgan fingerprint density at radius 1 is 0.923 bits per heavy atom. The lowest BCUT2D eigenvalue weighted by molar-refractivity contribution is 0.187. The van der Waals surface area contributed by atoms with Crippen LogP contribution in [0, 0.1) is 0 Å². The monoisotopic (exact) mass is 350 g/mol. The molecule has 0 aliphatic heterocycles. The van der Waals surface area contributed by atoms with E-state index in [4.69, 9.17) is 4.74 Å². The normalized spacial score (nSPS) is 10.0. The van der Waals surface area contributed by atoms with Gasteiger partial charge in [-0.25, -0.2) is 4.79 Å². The number of anilines is 3. The van der Waals surface area contributed by atoms with Crippen LogP contribution in [0.15, 0.2) is 66.7 Å². The largest absolute Gasteiger partial charge is 0.489 e. The van der Waals surface area contributed by atoms with E-state index in [1.807, 2.05) is 54.6 Å². The fourth-order valence-corrected chi connectivity index (χ4v) is 2.14. The van der Waals surface area contributed by atoms with Gasteiger partial charge in [0.25, 0.3) is 0 Å². The van der Waals surface area contributed by atoms with Gasteiger partial charge in [-0.05, 0) is 42.0 Å². The number of nitrogens with one attached hydrogen (secondary N) is 2. The Hall–Kier alpha value is -3.61. The Morgan fingerprint density at radius 2 is 1.62 bits per heavy atom. The number of rotatable bonds is 6. The first kappa shape index (κ1) is 17.2. The van der Waals surface area contributed by atoms with Crippen molar-refractivity contribution in [2.45, 2.75) is 6.61 Å². The summed E-state index contributed by atoms with van der Waals surface area (Å²) in [5.74, 6) is 1.65. The average Bonchev–Trinajstić information content (AvgIpc) is 2.69. The number of ether oxygens (including phenoxy) is 2. The van der Waals surface area contributed by atoms with E-state index in [1.165, 1.54) is 7.11 Å². The van der Waals surface area contributed by atoms with Crippen molar-refractivity contribution in [3.63, 3.8) is 0 Å². The summed E-state index contributed by atoms with van der Waals surface area (Å²) in [4.78, 5) is 11.1. The maximum atomic E-state index is 11.1. The molecule has 0 saturated heterocycles. The molecule has 2 aromatic carbocycles. The molecule has 7 heteroatoms. The van der Waals surface area contributed by atoms with Gasteiger partial charge in [-0.15, -0.1) is 10.2 Å². The topological polar surface area (TPSA) is 85.4 Å². The van der Waals surface area contributed by atoms with Gasteiger partial charge in [0.2, 0.25) is 0 Å². The molecule has 0 saturated carbocycles. The second-order valence-corrected chi connectivity index (χ2v) is 5.34. The lowest BCUT2D eigenvalue weighted by Gasteiger charge is -2.09. The van der Waals surface area contributed by atoms with Crippen LogP contribution < -0.4 is 15.4 Å². The lowest BCUT2D eigenvalue weighted by Crippen LogP contribution is -2.12. The van der Waals surface area contributed by atoms with Crippen molar-refractivity contribution in [3.8, 4) is 5.75 Å². The van der Waals surface area contributed by atoms with Crippen molar-refractivity contribution in [2.24, 2.45) is 0 Å². The predicted octanol–water partition coefficient (Wildman–Crippen LogP) is 3.98. The molecular weight excluding hydrogens is 332 g/mol. The third kappa shape index (κ3) is 4.94. The molecule has 2 N–H and O–H groups in total. The highest BCUT2D eigenvalue weighted by Gasteiger charge is 2.03. The number of nitrogens with zero attached hydrogens (tertiary/aromatic N) is 2. The van der Waals surface area contributed by atoms with Crippen LogP contribution in [0.5, 0.6) is 5.75 Å². The molecule has 1 heterocycles. The average molecular weight is 350 g/mol. The molecule has 0 radical (unpaired) electrons. The third-order valence-electron chi connectivity index (χ3n) is 3.46. The highest BCUT2D eigenvalue weighted by molar-refractivity contribution is 5.83. The molecule has 0 spiro atoms. The van der Waals surface area contributed by atoms with E-state index in [2.05, 4.69) is 25.6 Å². The maximum absolute atomic E-state index is 11.1. The smallest absolute Gasteiger partial charge is 0.412 e. The van der Waals surface area contributed by atoms with Crippen LogP contribution in [0.1, 0.15) is 5.56 Å². The second kappa shape index (κ2) is 8.48. The first-order valence-electron chi connectivity index (χ1n) is 7.95. The van der Waals surface area contributed by atoms with Crippen molar-refractivity contribution in [1.29, 1.82) is 0 Å². The number of amides is 1. The highest BCUT2D eigenvalue weighted by Crippen LogP contribution is 2.20. The second-order valence-electron chi connectivity index (χ2n) is 5.34. The summed E-state index contributed by atoms with van der Waals surface area (Å²) < 4.78 is 10.2. The minimum absolute atomic E-state index is 0.312. The van der Waals surface area contributed by atoms with Crippen molar-refractivity contribution in [2.75, 3.05) is 17.7 Å². The van der Waals surface area contributed by atoms with E-state index in [0.29, 0.717) is 18.2 Å². The first-order chi connectivity index (χ1) is 12.7. The molecule has 0 aliphatic rings. The van der Waals surface area contributed by atoms with Crippen LogP contribution in [-0.2, 0) is 11.3 Å². The Kier molecular flexibility index (Phi) is 5.61. The summed E-state index contributed by atoms with van der Waals surface area (Å²) in [6, 6.07) is 20.9. The summed E-state index contributed by atoms with van der Waals surface area (Å²) in [6.07, 6.45) is -0.592. The van der Waals surface area contributed by atoms with Gasteiger partial charge in [-0.3, -0.25) is 5.32 Å². The van der Waals surface area contributed by atoms with Gasteiger partial charge in [-0.2, -0.15) is 0 Å². The fraction of sp³-hybridized carbons (Fsp3) is 0.105. The van der Waals surface area contributed by atoms with Crippen LogP contribution in [-0.4, -0.2) is 23.4 Å². The fourth-order valence-electron chi connectivity index (χ4n) is 2.14.